The predicted molar refractivity (Wildman–Crippen MR) is 71.2 cm³/mol. The Kier molecular flexibility index (Phi) is 4.64. The lowest BCUT2D eigenvalue weighted by Gasteiger charge is -2.22. The van der Waals surface area contributed by atoms with Gasteiger partial charge in [0.1, 0.15) is 17.2 Å². The van der Waals surface area contributed by atoms with Gasteiger partial charge in [0.25, 0.3) is 0 Å². The summed E-state index contributed by atoms with van der Waals surface area (Å²) in [5, 5.41) is 9.22. The van der Waals surface area contributed by atoms with E-state index in [1.807, 2.05) is 0 Å². The van der Waals surface area contributed by atoms with Gasteiger partial charge < -0.3 is 19.3 Å². The van der Waals surface area contributed by atoms with Gasteiger partial charge in [0, 0.05) is 17.7 Å². The summed E-state index contributed by atoms with van der Waals surface area (Å²) in [5.41, 5.74) is -0.187. The van der Waals surface area contributed by atoms with Crippen LogP contribution in [0.15, 0.2) is 12.1 Å². The highest BCUT2D eigenvalue weighted by atomic mass is 16.5. The van der Waals surface area contributed by atoms with Crippen molar-refractivity contribution in [2.24, 2.45) is 5.41 Å². The molecule has 1 N–H and O–H groups in total. The van der Waals surface area contributed by atoms with Gasteiger partial charge in [-0.25, -0.2) is 0 Å². The molecule has 1 aromatic carbocycles. The van der Waals surface area contributed by atoms with E-state index in [0.29, 0.717) is 23.7 Å². The molecule has 0 aliphatic heterocycles. The van der Waals surface area contributed by atoms with Gasteiger partial charge in [-0.05, 0) is 20.3 Å². The third-order valence-corrected chi connectivity index (χ3v) is 3.01. The molecular weight excluding hydrogens is 248 g/mol. The molecule has 5 nitrogen and oxygen atoms in total. The van der Waals surface area contributed by atoms with Crippen LogP contribution in [0, 0.1) is 5.41 Å². The molecule has 0 radical (unpaired) electrons. The summed E-state index contributed by atoms with van der Waals surface area (Å²) in [6.45, 7) is 3.33. The summed E-state index contributed by atoms with van der Waals surface area (Å²) >= 11 is 0. The van der Waals surface area contributed by atoms with Gasteiger partial charge in [-0.1, -0.05) is 0 Å². The molecule has 1 rings (SSSR count). The first-order valence-electron chi connectivity index (χ1n) is 5.88. The topological polar surface area (TPSA) is 65.0 Å². The Bertz CT molecular complexity index is 440. The number of methoxy groups -OCH3 is 3. The molecule has 5 heteroatoms. The van der Waals surface area contributed by atoms with Crippen LogP contribution in [0.1, 0.15) is 19.4 Å². The average Bonchev–Trinajstić information content (AvgIpc) is 2.38. The molecule has 0 bridgehead atoms. The van der Waals surface area contributed by atoms with E-state index < -0.39 is 11.4 Å². The van der Waals surface area contributed by atoms with Gasteiger partial charge in [-0.2, -0.15) is 0 Å². The highest BCUT2D eigenvalue weighted by Crippen LogP contribution is 2.38. The van der Waals surface area contributed by atoms with E-state index >= 15 is 0 Å². The molecule has 1 aromatic rings. The summed E-state index contributed by atoms with van der Waals surface area (Å²) in [6, 6.07) is 3.44. The van der Waals surface area contributed by atoms with Gasteiger partial charge in [0.15, 0.2) is 0 Å². The van der Waals surface area contributed by atoms with E-state index in [1.165, 1.54) is 14.2 Å². The van der Waals surface area contributed by atoms with Crippen LogP contribution >= 0.6 is 0 Å². The molecule has 0 saturated carbocycles. The second-order valence-corrected chi connectivity index (χ2v) is 4.88. The minimum atomic E-state index is -0.908. The number of rotatable bonds is 6. The molecular formula is C14H20O5. The summed E-state index contributed by atoms with van der Waals surface area (Å²) in [7, 11) is 4.62. The number of benzene rings is 1. The summed E-state index contributed by atoms with van der Waals surface area (Å²) in [4.78, 5) is 11.2. The second kappa shape index (κ2) is 5.82. The molecule has 0 aromatic heterocycles. The van der Waals surface area contributed by atoms with Crippen LogP contribution in [0.5, 0.6) is 17.2 Å². The molecule has 0 heterocycles. The molecule has 0 saturated heterocycles. The SMILES string of the molecule is COc1cc(OC)c(CC(C)(C)C(=O)O)c(OC)c1. The van der Waals surface area contributed by atoms with E-state index in [9.17, 15) is 9.90 Å². The van der Waals surface area contributed by atoms with Gasteiger partial charge in [0.05, 0.1) is 26.7 Å². The van der Waals surface area contributed by atoms with Crippen molar-refractivity contribution in [1.29, 1.82) is 0 Å². The lowest BCUT2D eigenvalue weighted by molar-refractivity contribution is -0.146. The number of carboxylic acid groups (broad SMARTS) is 1. The normalized spacial score (nSPS) is 11.0. The van der Waals surface area contributed by atoms with E-state index in [1.54, 1.807) is 33.1 Å². The van der Waals surface area contributed by atoms with Crippen molar-refractivity contribution >= 4 is 5.97 Å². The Balaban J connectivity index is 3.28. The summed E-state index contributed by atoms with van der Waals surface area (Å²) < 4.78 is 15.8. The van der Waals surface area contributed by atoms with Crippen molar-refractivity contribution in [2.45, 2.75) is 20.3 Å². The zero-order valence-corrected chi connectivity index (χ0v) is 11.9. The maximum atomic E-state index is 11.2. The van der Waals surface area contributed by atoms with Gasteiger partial charge in [-0.15, -0.1) is 0 Å². The standard InChI is InChI=1S/C14H20O5/c1-14(2,13(15)16)8-10-11(18-4)6-9(17-3)7-12(10)19-5/h6-7H,8H2,1-5H3,(H,15,16). The van der Waals surface area contributed by atoms with Gasteiger partial charge in [0.2, 0.25) is 0 Å². The van der Waals surface area contributed by atoms with Crippen molar-refractivity contribution in [3.8, 4) is 17.2 Å². The van der Waals surface area contributed by atoms with E-state index in [4.69, 9.17) is 14.2 Å². The molecule has 0 aliphatic carbocycles. The highest BCUT2D eigenvalue weighted by molar-refractivity contribution is 5.74. The van der Waals surface area contributed by atoms with E-state index in [2.05, 4.69) is 0 Å². The first-order valence-corrected chi connectivity index (χ1v) is 5.88. The molecule has 0 amide bonds. The number of ether oxygens (including phenoxy) is 3. The third kappa shape index (κ3) is 3.30. The molecule has 0 spiro atoms. The zero-order valence-electron chi connectivity index (χ0n) is 11.9. The minimum absolute atomic E-state index is 0.304. The fourth-order valence-electron chi connectivity index (χ4n) is 1.77. The fraction of sp³-hybridized carbons (Fsp3) is 0.500. The number of hydrogen-bond acceptors (Lipinski definition) is 4. The summed E-state index contributed by atoms with van der Waals surface area (Å²) in [6.07, 6.45) is 0.304. The first kappa shape index (κ1) is 15.1. The van der Waals surface area contributed by atoms with Crippen molar-refractivity contribution in [1.82, 2.24) is 0 Å². The monoisotopic (exact) mass is 268 g/mol. The molecule has 0 atom stereocenters. The van der Waals surface area contributed by atoms with Crippen LogP contribution in [0.3, 0.4) is 0 Å². The molecule has 0 aliphatic rings. The second-order valence-electron chi connectivity index (χ2n) is 4.88. The average molecular weight is 268 g/mol. The van der Waals surface area contributed by atoms with Gasteiger partial charge in [-0.3, -0.25) is 4.79 Å². The quantitative estimate of drug-likeness (QED) is 0.858. The van der Waals surface area contributed by atoms with E-state index in [0.717, 1.165) is 5.56 Å². The highest BCUT2D eigenvalue weighted by Gasteiger charge is 2.30. The van der Waals surface area contributed by atoms with Crippen LogP contribution in [0.2, 0.25) is 0 Å². The Morgan fingerprint density at radius 1 is 1.11 bits per heavy atom. The van der Waals surface area contributed by atoms with Crippen LogP contribution in [0.4, 0.5) is 0 Å². The van der Waals surface area contributed by atoms with E-state index in [-0.39, 0.29) is 0 Å². The number of aliphatic carboxylic acids is 1. The van der Waals surface area contributed by atoms with Crippen molar-refractivity contribution in [2.75, 3.05) is 21.3 Å². The van der Waals surface area contributed by atoms with Gasteiger partial charge >= 0.3 is 5.97 Å². The largest absolute Gasteiger partial charge is 0.496 e. The fourth-order valence-corrected chi connectivity index (χ4v) is 1.77. The lowest BCUT2D eigenvalue weighted by atomic mass is 9.85. The van der Waals surface area contributed by atoms with Crippen molar-refractivity contribution < 1.29 is 24.1 Å². The zero-order chi connectivity index (χ0) is 14.6. The smallest absolute Gasteiger partial charge is 0.309 e. The summed E-state index contributed by atoms with van der Waals surface area (Å²) in [5.74, 6) is 0.856. The number of carbonyl (C=O) groups is 1. The third-order valence-electron chi connectivity index (χ3n) is 3.01. The van der Waals surface area contributed by atoms with Crippen LogP contribution in [-0.2, 0) is 11.2 Å². The molecule has 0 fully saturated rings. The Morgan fingerprint density at radius 3 is 1.89 bits per heavy atom. The Labute approximate surface area is 113 Å². The maximum absolute atomic E-state index is 11.2. The Hall–Kier alpha value is -1.91. The maximum Gasteiger partial charge on any atom is 0.309 e. The van der Waals surface area contributed by atoms with Crippen LogP contribution in [-0.4, -0.2) is 32.4 Å². The first-order chi connectivity index (χ1) is 8.85. The van der Waals surface area contributed by atoms with Crippen LogP contribution in [0.25, 0.3) is 0 Å². The number of hydrogen-bond donors (Lipinski definition) is 1. The predicted octanol–water partition coefficient (Wildman–Crippen LogP) is 2.37. The van der Waals surface area contributed by atoms with Crippen molar-refractivity contribution in [3.05, 3.63) is 17.7 Å². The lowest BCUT2D eigenvalue weighted by Crippen LogP contribution is -2.26. The van der Waals surface area contributed by atoms with Crippen molar-refractivity contribution in [3.63, 3.8) is 0 Å². The Morgan fingerprint density at radius 2 is 1.58 bits per heavy atom. The number of carboxylic acids is 1. The van der Waals surface area contributed by atoms with Crippen LogP contribution < -0.4 is 14.2 Å². The molecule has 0 unspecified atom stereocenters. The molecule has 19 heavy (non-hydrogen) atoms. The minimum Gasteiger partial charge on any atom is -0.496 e. The molecule has 106 valence electrons.